The van der Waals surface area contributed by atoms with E-state index in [9.17, 15) is 9.50 Å². The molecular weight excluding hydrogens is 319 g/mol. The van der Waals surface area contributed by atoms with Gasteiger partial charge in [-0.1, -0.05) is 40.2 Å². The zero-order valence-corrected chi connectivity index (χ0v) is 13.0. The van der Waals surface area contributed by atoms with Gasteiger partial charge in [-0.3, -0.25) is 0 Å². The lowest BCUT2D eigenvalue weighted by Gasteiger charge is -2.16. The molecule has 0 aliphatic carbocycles. The van der Waals surface area contributed by atoms with Crippen molar-refractivity contribution >= 4 is 15.9 Å². The van der Waals surface area contributed by atoms with Gasteiger partial charge in [0.15, 0.2) is 0 Å². The Bertz CT molecular complexity index is 583. The molecule has 0 amide bonds. The lowest BCUT2D eigenvalue weighted by molar-refractivity contribution is 0.224. The lowest BCUT2D eigenvalue weighted by Crippen LogP contribution is -2.14. The smallest absolute Gasteiger partial charge is 0.123 e. The highest BCUT2D eigenvalue weighted by molar-refractivity contribution is 9.10. The minimum absolute atomic E-state index is 0.0919. The Balaban J connectivity index is 2.13. The minimum Gasteiger partial charge on any atom is -0.396 e. The van der Waals surface area contributed by atoms with E-state index in [4.69, 9.17) is 0 Å². The van der Waals surface area contributed by atoms with E-state index in [-0.39, 0.29) is 18.3 Å². The minimum atomic E-state index is -0.240. The van der Waals surface area contributed by atoms with Crippen LogP contribution in [0.5, 0.6) is 0 Å². The Morgan fingerprint density at radius 2 is 1.80 bits per heavy atom. The maximum absolute atomic E-state index is 13.3. The average molecular weight is 337 g/mol. The van der Waals surface area contributed by atoms with E-state index in [2.05, 4.69) is 35.0 Å². The van der Waals surface area contributed by atoms with Crippen molar-refractivity contribution in [3.05, 3.63) is 69.4 Å². The molecule has 0 heterocycles. The number of hydrogen-bond acceptors (Lipinski definition) is 1. The van der Waals surface area contributed by atoms with Crippen LogP contribution < -0.4 is 0 Å². The molecule has 1 atom stereocenters. The molecule has 2 aromatic rings. The first-order chi connectivity index (χ1) is 9.60. The van der Waals surface area contributed by atoms with Gasteiger partial charge in [0.25, 0.3) is 0 Å². The Hall–Kier alpha value is -1.19. The van der Waals surface area contributed by atoms with Crippen LogP contribution in [0.1, 0.15) is 16.7 Å². The summed E-state index contributed by atoms with van der Waals surface area (Å²) in [6.45, 7) is 2.17. The molecule has 2 aromatic carbocycles. The monoisotopic (exact) mass is 336 g/mol. The maximum Gasteiger partial charge on any atom is 0.123 e. The average Bonchev–Trinajstić information content (AvgIpc) is 2.44. The van der Waals surface area contributed by atoms with Crippen LogP contribution in [0.25, 0.3) is 0 Å². The molecular formula is C17H18BrFO. The molecule has 0 radical (unpaired) electrons. The van der Waals surface area contributed by atoms with E-state index >= 15 is 0 Å². The summed E-state index contributed by atoms with van der Waals surface area (Å²) < 4.78 is 14.2. The van der Waals surface area contributed by atoms with Gasteiger partial charge in [0.2, 0.25) is 0 Å². The third-order valence-electron chi connectivity index (χ3n) is 3.54. The van der Waals surface area contributed by atoms with E-state index in [0.717, 1.165) is 16.5 Å². The highest BCUT2D eigenvalue weighted by Gasteiger charge is 2.13. The molecule has 2 rings (SSSR count). The first kappa shape index (κ1) is 15.2. The normalized spacial score (nSPS) is 12.4. The van der Waals surface area contributed by atoms with Gasteiger partial charge in [0, 0.05) is 11.1 Å². The molecule has 1 N–H and O–H groups in total. The van der Waals surface area contributed by atoms with Crippen LogP contribution in [0.2, 0.25) is 0 Å². The lowest BCUT2D eigenvalue weighted by atomic mass is 9.91. The summed E-state index contributed by atoms with van der Waals surface area (Å²) >= 11 is 3.44. The van der Waals surface area contributed by atoms with E-state index in [1.807, 2.05) is 12.1 Å². The molecule has 1 unspecified atom stereocenters. The second-order valence-electron chi connectivity index (χ2n) is 5.12. The Labute approximate surface area is 127 Å². The quantitative estimate of drug-likeness (QED) is 0.863. The molecule has 106 valence electrons. The zero-order chi connectivity index (χ0) is 14.5. The molecule has 3 heteroatoms. The molecule has 0 aliphatic rings. The fraction of sp³-hybridized carbons (Fsp3) is 0.294. The van der Waals surface area contributed by atoms with Crippen LogP contribution in [-0.2, 0) is 12.8 Å². The van der Waals surface area contributed by atoms with Gasteiger partial charge >= 0.3 is 0 Å². The Morgan fingerprint density at radius 1 is 1.10 bits per heavy atom. The van der Waals surface area contributed by atoms with Crippen molar-refractivity contribution < 1.29 is 9.50 Å². The van der Waals surface area contributed by atoms with Gasteiger partial charge in [-0.15, -0.1) is 0 Å². The third-order valence-corrected chi connectivity index (χ3v) is 4.32. The molecule has 0 fully saturated rings. The Kier molecular flexibility index (Phi) is 5.32. The first-order valence-corrected chi connectivity index (χ1v) is 7.48. The van der Waals surface area contributed by atoms with E-state index in [1.54, 1.807) is 6.07 Å². The molecule has 1 nitrogen and oxygen atoms in total. The number of rotatable bonds is 5. The molecule has 0 bridgehead atoms. The zero-order valence-electron chi connectivity index (χ0n) is 11.4. The Morgan fingerprint density at radius 3 is 2.50 bits per heavy atom. The highest BCUT2D eigenvalue weighted by Crippen LogP contribution is 2.23. The van der Waals surface area contributed by atoms with E-state index in [0.29, 0.717) is 6.42 Å². The van der Waals surface area contributed by atoms with Crippen LogP contribution >= 0.6 is 15.9 Å². The number of aryl methyl sites for hydroxylation is 1. The molecule has 20 heavy (non-hydrogen) atoms. The van der Waals surface area contributed by atoms with Crippen LogP contribution in [0.4, 0.5) is 4.39 Å². The van der Waals surface area contributed by atoms with Crippen LogP contribution in [-0.4, -0.2) is 11.7 Å². The third kappa shape index (κ3) is 3.90. The number of halogens is 2. The number of aliphatic hydroxyl groups excluding tert-OH is 1. The van der Waals surface area contributed by atoms with Gasteiger partial charge in [0.05, 0.1) is 0 Å². The van der Waals surface area contributed by atoms with Crippen LogP contribution in [0.15, 0.2) is 46.9 Å². The summed E-state index contributed by atoms with van der Waals surface area (Å²) in [6.07, 6.45) is 1.45. The largest absolute Gasteiger partial charge is 0.396 e. The topological polar surface area (TPSA) is 20.2 Å². The summed E-state index contributed by atoms with van der Waals surface area (Å²) in [5.74, 6) is -0.148. The fourth-order valence-corrected chi connectivity index (χ4v) is 2.77. The fourth-order valence-electron chi connectivity index (χ4n) is 2.36. The van der Waals surface area contributed by atoms with Crippen molar-refractivity contribution in [3.63, 3.8) is 0 Å². The van der Waals surface area contributed by atoms with Crippen LogP contribution in [0, 0.1) is 18.7 Å². The summed E-state index contributed by atoms with van der Waals surface area (Å²) in [7, 11) is 0. The predicted octanol–water partition coefficient (Wildman–Crippen LogP) is 4.29. The molecule has 0 saturated heterocycles. The maximum atomic E-state index is 13.3. The van der Waals surface area contributed by atoms with Crippen molar-refractivity contribution in [2.75, 3.05) is 6.61 Å². The van der Waals surface area contributed by atoms with E-state index in [1.165, 1.54) is 23.3 Å². The molecule has 0 saturated carbocycles. The van der Waals surface area contributed by atoms with Gasteiger partial charge in [-0.25, -0.2) is 4.39 Å². The number of hydrogen-bond donors (Lipinski definition) is 1. The van der Waals surface area contributed by atoms with E-state index < -0.39 is 0 Å². The van der Waals surface area contributed by atoms with Gasteiger partial charge < -0.3 is 5.11 Å². The van der Waals surface area contributed by atoms with Crippen molar-refractivity contribution in [2.45, 2.75) is 19.8 Å². The summed E-state index contributed by atoms with van der Waals surface area (Å²) in [4.78, 5) is 0. The summed E-state index contributed by atoms with van der Waals surface area (Å²) in [5.41, 5.74) is 3.36. The number of benzene rings is 2. The first-order valence-electron chi connectivity index (χ1n) is 6.69. The van der Waals surface area contributed by atoms with Crippen LogP contribution in [0.3, 0.4) is 0 Å². The number of aliphatic hydroxyl groups is 1. The van der Waals surface area contributed by atoms with Crippen molar-refractivity contribution in [1.82, 2.24) is 0 Å². The van der Waals surface area contributed by atoms with Gasteiger partial charge in [0.1, 0.15) is 5.82 Å². The molecule has 0 aliphatic heterocycles. The summed E-state index contributed by atoms with van der Waals surface area (Å²) in [6, 6.07) is 12.9. The SMILES string of the molecule is Cc1ccccc1CC(CO)Cc1cc(F)ccc1Br. The summed E-state index contributed by atoms with van der Waals surface area (Å²) in [5, 5.41) is 9.59. The standard InChI is InChI=1S/C17H18BrFO/c1-12-4-2-3-5-14(12)8-13(11-20)9-15-10-16(19)6-7-17(15)18/h2-7,10,13,20H,8-9,11H2,1H3. The van der Waals surface area contributed by atoms with Gasteiger partial charge in [-0.2, -0.15) is 0 Å². The van der Waals surface area contributed by atoms with Crippen molar-refractivity contribution in [2.24, 2.45) is 5.92 Å². The second kappa shape index (κ2) is 7.00. The molecule has 0 aromatic heterocycles. The van der Waals surface area contributed by atoms with Gasteiger partial charge in [-0.05, 0) is 60.6 Å². The molecule has 0 spiro atoms. The second-order valence-corrected chi connectivity index (χ2v) is 5.97. The van der Waals surface area contributed by atoms with Crippen molar-refractivity contribution in [1.29, 1.82) is 0 Å². The highest BCUT2D eigenvalue weighted by atomic mass is 79.9. The predicted molar refractivity (Wildman–Crippen MR) is 83.3 cm³/mol. The van der Waals surface area contributed by atoms with Crippen molar-refractivity contribution in [3.8, 4) is 0 Å².